The van der Waals surface area contributed by atoms with E-state index >= 15 is 0 Å². The molecule has 66 valence electrons. The maximum absolute atomic E-state index is 3.47. The predicted molar refractivity (Wildman–Crippen MR) is 63.1 cm³/mol. The molecule has 0 saturated heterocycles. The van der Waals surface area contributed by atoms with Gasteiger partial charge in [-0.2, -0.15) is 11.8 Å². The zero-order valence-corrected chi connectivity index (χ0v) is 10.4. The van der Waals surface area contributed by atoms with Crippen molar-refractivity contribution in [2.24, 2.45) is 0 Å². The molecule has 0 heterocycles. The highest BCUT2D eigenvalue weighted by atomic mass is 79.9. The molecule has 0 bridgehead atoms. The molecule has 3 heteroatoms. The van der Waals surface area contributed by atoms with Crippen LogP contribution in [0.3, 0.4) is 0 Å². The van der Waals surface area contributed by atoms with E-state index in [-0.39, 0.29) is 0 Å². The van der Waals surface area contributed by atoms with Gasteiger partial charge in [-0.05, 0) is 30.2 Å². The quantitative estimate of drug-likeness (QED) is 0.755. The van der Waals surface area contributed by atoms with Crippen molar-refractivity contribution in [2.45, 2.75) is 10.6 Å². The Morgan fingerprint density at radius 3 is 2.67 bits per heavy atom. The van der Waals surface area contributed by atoms with E-state index in [0.717, 1.165) is 10.2 Å². The molecule has 0 radical (unpaired) electrons. The average Bonchev–Trinajstić information content (AvgIpc) is 2.08. The first kappa shape index (κ1) is 10.5. The highest BCUT2D eigenvalue weighted by molar-refractivity contribution is 9.10. The Kier molecular flexibility index (Phi) is 4.54. The van der Waals surface area contributed by atoms with Gasteiger partial charge in [0.2, 0.25) is 0 Å². The molecule has 0 amide bonds. The number of rotatable bonds is 3. The SMILES string of the molecule is CSCc1ccc(Br)cc1SC. The van der Waals surface area contributed by atoms with Crippen LogP contribution in [0, 0.1) is 0 Å². The first-order valence-electron chi connectivity index (χ1n) is 3.59. The predicted octanol–water partition coefficient (Wildman–Crippen LogP) is 4.03. The van der Waals surface area contributed by atoms with Gasteiger partial charge in [-0.15, -0.1) is 11.8 Å². The van der Waals surface area contributed by atoms with Crippen molar-refractivity contribution in [1.82, 2.24) is 0 Å². The van der Waals surface area contributed by atoms with Gasteiger partial charge >= 0.3 is 0 Å². The summed E-state index contributed by atoms with van der Waals surface area (Å²) in [4.78, 5) is 1.37. The second kappa shape index (κ2) is 5.20. The van der Waals surface area contributed by atoms with Crippen LogP contribution in [-0.4, -0.2) is 12.5 Å². The van der Waals surface area contributed by atoms with E-state index in [1.165, 1.54) is 10.5 Å². The van der Waals surface area contributed by atoms with Crippen molar-refractivity contribution >= 4 is 39.5 Å². The van der Waals surface area contributed by atoms with Gasteiger partial charge in [0.15, 0.2) is 0 Å². The number of hydrogen-bond acceptors (Lipinski definition) is 2. The Bertz CT molecular complexity index is 261. The van der Waals surface area contributed by atoms with Crippen LogP contribution in [0.5, 0.6) is 0 Å². The lowest BCUT2D eigenvalue weighted by Crippen LogP contribution is -1.83. The first-order chi connectivity index (χ1) is 5.77. The summed E-state index contributed by atoms with van der Waals surface area (Å²) < 4.78 is 1.16. The zero-order valence-electron chi connectivity index (χ0n) is 7.13. The Morgan fingerprint density at radius 1 is 1.33 bits per heavy atom. The standard InChI is InChI=1S/C9H11BrS2/c1-11-6-7-3-4-8(10)5-9(7)12-2/h3-5H,6H2,1-2H3. The van der Waals surface area contributed by atoms with Crippen LogP contribution >= 0.6 is 39.5 Å². The lowest BCUT2D eigenvalue weighted by molar-refractivity contribution is 1.26. The lowest BCUT2D eigenvalue weighted by atomic mass is 10.2. The van der Waals surface area contributed by atoms with E-state index < -0.39 is 0 Å². The maximum atomic E-state index is 3.47. The topological polar surface area (TPSA) is 0 Å². The Hall–Kier alpha value is 0.400. The summed E-state index contributed by atoms with van der Waals surface area (Å²) in [5, 5.41) is 0. The van der Waals surface area contributed by atoms with E-state index in [4.69, 9.17) is 0 Å². The summed E-state index contributed by atoms with van der Waals surface area (Å²) in [7, 11) is 0. The summed E-state index contributed by atoms with van der Waals surface area (Å²) in [6.45, 7) is 0. The van der Waals surface area contributed by atoms with E-state index in [1.54, 1.807) is 11.8 Å². The van der Waals surface area contributed by atoms with Crippen molar-refractivity contribution < 1.29 is 0 Å². The third-order valence-corrected chi connectivity index (χ3v) is 3.46. The van der Waals surface area contributed by atoms with Gasteiger partial charge in [-0.25, -0.2) is 0 Å². The molecule has 0 atom stereocenters. The Labute approximate surface area is 90.6 Å². The fourth-order valence-corrected chi connectivity index (χ4v) is 2.81. The second-order valence-electron chi connectivity index (χ2n) is 2.39. The molecular weight excluding hydrogens is 252 g/mol. The smallest absolute Gasteiger partial charge is 0.0192 e. The van der Waals surface area contributed by atoms with Crippen molar-refractivity contribution in [3.05, 3.63) is 28.2 Å². The van der Waals surface area contributed by atoms with Gasteiger partial charge in [-0.1, -0.05) is 22.0 Å². The van der Waals surface area contributed by atoms with Crippen LogP contribution in [0.15, 0.2) is 27.6 Å². The van der Waals surface area contributed by atoms with E-state index in [1.807, 2.05) is 11.8 Å². The largest absolute Gasteiger partial charge is 0.161 e. The van der Waals surface area contributed by atoms with Gasteiger partial charge in [0.05, 0.1) is 0 Å². The third kappa shape index (κ3) is 2.71. The molecule has 0 fully saturated rings. The van der Waals surface area contributed by atoms with Crippen molar-refractivity contribution in [2.75, 3.05) is 12.5 Å². The highest BCUT2D eigenvalue weighted by Gasteiger charge is 2.00. The van der Waals surface area contributed by atoms with E-state index in [0.29, 0.717) is 0 Å². The molecule has 1 aromatic rings. The van der Waals surface area contributed by atoms with Crippen LogP contribution in [-0.2, 0) is 5.75 Å². The summed E-state index contributed by atoms with van der Waals surface area (Å²) in [5.74, 6) is 1.10. The number of hydrogen-bond donors (Lipinski definition) is 0. The molecule has 0 N–H and O–H groups in total. The van der Waals surface area contributed by atoms with E-state index in [9.17, 15) is 0 Å². The van der Waals surface area contributed by atoms with Crippen LogP contribution in [0.4, 0.5) is 0 Å². The molecule has 0 aliphatic rings. The minimum atomic E-state index is 1.10. The molecule has 0 aliphatic heterocycles. The highest BCUT2D eigenvalue weighted by Crippen LogP contribution is 2.26. The summed E-state index contributed by atoms with van der Waals surface area (Å²) in [6, 6.07) is 6.47. The molecule has 12 heavy (non-hydrogen) atoms. The molecule has 0 spiro atoms. The number of benzene rings is 1. The number of halogens is 1. The fraction of sp³-hybridized carbons (Fsp3) is 0.333. The average molecular weight is 263 g/mol. The van der Waals surface area contributed by atoms with Crippen molar-refractivity contribution in [3.8, 4) is 0 Å². The normalized spacial score (nSPS) is 10.2. The van der Waals surface area contributed by atoms with Gasteiger partial charge in [0, 0.05) is 15.1 Å². The van der Waals surface area contributed by atoms with Crippen LogP contribution in [0.25, 0.3) is 0 Å². The molecule has 0 nitrogen and oxygen atoms in total. The molecule has 0 aromatic heterocycles. The maximum Gasteiger partial charge on any atom is 0.0192 e. The van der Waals surface area contributed by atoms with Gasteiger partial charge in [-0.3, -0.25) is 0 Å². The second-order valence-corrected chi connectivity index (χ2v) is 5.02. The molecule has 1 rings (SSSR count). The monoisotopic (exact) mass is 262 g/mol. The molecule has 0 aliphatic carbocycles. The third-order valence-electron chi connectivity index (χ3n) is 1.55. The van der Waals surface area contributed by atoms with Gasteiger partial charge in [0.25, 0.3) is 0 Å². The fourth-order valence-electron chi connectivity index (χ4n) is 0.993. The summed E-state index contributed by atoms with van der Waals surface area (Å²) in [6.07, 6.45) is 4.25. The zero-order chi connectivity index (χ0) is 8.97. The van der Waals surface area contributed by atoms with Crippen LogP contribution in [0.1, 0.15) is 5.56 Å². The van der Waals surface area contributed by atoms with Crippen LogP contribution < -0.4 is 0 Å². The first-order valence-corrected chi connectivity index (χ1v) is 7.00. The van der Waals surface area contributed by atoms with Crippen molar-refractivity contribution in [3.63, 3.8) is 0 Å². The van der Waals surface area contributed by atoms with Crippen LogP contribution in [0.2, 0.25) is 0 Å². The number of thioether (sulfide) groups is 2. The molecule has 0 saturated carbocycles. The van der Waals surface area contributed by atoms with Gasteiger partial charge in [0.1, 0.15) is 0 Å². The molecular formula is C9H11BrS2. The summed E-state index contributed by atoms with van der Waals surface area (Å²) >= 11 is 7.14. The van der Waals surface area contributed by atoms with Gasteiger partial charge < -0.3 is 0 Å². The minimum absolute atomic E-state index is 1.10. The Balaban J connectivity index is 2.94. The lowest BCUT2D eigenvalue weighted by Gasteiger charge is -2.05. The minimum Gasteiger partial charge on any atom is -0.161 e. The summed E-state index contributed by atoms with van der Waals surface area (Å²) in [5.41, 5.74) is 1.43. The van der Waals surface area contributed by atoms with E-state index in [2.05, 4.69) is 46.6 Å². The Morgan fingerprint density at radius 2 is 2.08 bits per heavy atom. The van der Waals surface area contributed by atoms with Crippen molar-refractivity contribution in [1.29, 1.82) is 0 Å². The molecule has 1 aromatic carbocycles. The molecule has 0 unspecified atom stereocenters.